The topological polar surface area (TPSA) is 43.7 Å². The van der Waals surface area contributed by atoms with Gasteiger partial charge in [-0.2, -0.15) is 0 Å². The standard InChI is InChI=1S/C16H18FNO2/c1-3-18(13-6-4-12(17)5-7-13)14-8-9-15(11(2)19)16(20)10-14/h4-11,19-20H,3H2,1-2H3. The van der Waals surface area contributed by atoms with Crippen molar-refractivity contribution in [3.8, 4) is 5.75 Å². The first-order chi connectivity index (χ1) is 9.52. The SMILES string of the molecule is CCN(c1ccc(F)cc1)c1ccc(C(C)O)c(O)c1. The molecule has 0 aromatic heterocycles. The summed E-state index contributed by atoms with van der Waals surface area (Å²) in [5, 5.41) is 19.5. The largest absolute Gasteiger partial charge is 0.507 e. The Balaban J connectivity index is 2.37. The summed E-state index contributed by atoms with van der Waals surface area (Å²) in [4.78, 5) is 1.95. The average Bonchev–Trinajstić information content (AvgIpc) is 2.41. The zero-order valence-corrected chi connectivity index (χ0v) is 11.5. The molecule has 2 aromatic rings. The van der Waals surface area contributed by atoms with Crippen LogP contribution in [0.4, 0.5) is 15.8 Å². The van der Waals surface area contributed by atoms with E-state index in [1.165, 1.54) is 12.1 Å². The van der Waals surface area contributed by atoms with E-state index in [4.69, 9.17) is 0 Å². The third-order valence-electron chi connectivity index (χ3n) is 3.23. The summed E-state index contributed by atoms with van der Waals surface area (Å²) in [6.45, 7) is 4.26. The molecular formula is C16H18FNO2. The highest BCUT2D eigenvalue weighted by Crippen LogP contribution is 2.32. The number of nitrogens with zero attached hydrogens (tertiary/aromatic N) is 1. The van der Waals surface area contributed by atoms with Crippen LogP contribution in [0.25, 0.3) is 0 Å². The van der Waals surface area contributed by atoms with Crippen molar-refractivity contribution in [2.75, 3.05) is 11.4 Å². The van der Waals surface area contributed by atoms with Crippen molar-refractivity contribution >= 4 is 11.4 Å². The summed E-state index contributed by atoms with van der Waals surface area (Å²) >= 11 is 0. The van der Waals surface area contributed by atoms with Gasteiger partial charge in [-0.25, -0.2) is 4.39 Å². The molecular weight excluding hydrogens is 257 g/mol. The Hall–Kier alpha value is -2.07. The second-order valence-electron chi connectivity index (χ2n) is 4.64. The zero-order chi connectivity index (χ0) is 14.7. The van der Waals surface area contributed by atoms with Crippen LogP contribution >= 0.6 is 0 Å². The third kappa shape index (κ3) is 2.91. The molecule has 2 aromatic carbocycles. The molecule has 1 unspecified atom stereocenters. The number of halogens is 1. The van der Waals surface area contributed by atoms with Crippen LogP contribution in [0.1, 0.15) is 25.5 Å². The fourth-order valence-corrected chi connectivity index (χ4v) is 2.19. The summed E-state index contributed by atoms with van der Waals surface area (Å²) in [6, 6.07) is 11.3. The van der Waals surface area contributed by atoms with Gasteiger partial charge in [0.2, 0.25) is 0 Å². The minimum atomic E-state index is -0.718. The Labute approximate surface area is 117 Å². The van der Waals surface area contributed by atoms with Gasteiger partial charge < -0.3 is 15.1 Å². The lowest BCUT2D eigenvalue weighted by molar-refractivity contribution is 0.195. The lowest BCUT2D eigenvalue weighted by Gasteiger charge is -2.24. The summed E-state index contributed by atoms with van der Waals surface area (Å²) in [5.41, 5.74) is 2.13. The predicted molar refractivity (Wildman–Crippen MR) is 77.8 cm³/mol. The van der Waals surface area contributed by atoms with E-state index in [0.717, 1.165) is 11.4 Å². The third-order valence-corrected chi connectivity index (χ3v) is 3.23. The molecule has 0 saturated carbocycles. The van der Waals surface area contributed by atoms with Gasteiger partial charge >= 0.3 is 0 Å². The van der Waals surface area contributed by atoms with Gasteiger partial charge in [-0.05, 0) is 44.2 Å². The van der Waals surface area contributed by atoms with E-state index in [0.29, 0.717) is 12.1 Å². The minimum absolute atomic E-state index is 0.0538. The molecule has 4 heteroatoms. The van der Waals surface area contributed by atoms with Crippen molar-refractivity contribution in [2.24, 2.45) is 0 Å². The molecule has 0 amide bonds. The summed E-state index contributed by atoms with van der Waals surface area (Å²) < 4.78 is 13.0. The zero-order valence-electron chi connectivity index (χ0n) is 11.5. The van der Waals surface area contributed by atoms with Crippen molar-refractivity contribution < 1.29 is 14.6 Å². The fourth-order valence-electron chi connectivity index (χ4n) is 2.19. The van der Waals surface area contributed by atoms with Crippen LogP contribution in [0.3, 0.4) is 0 Å². The number of rotatable bonds is 4. The minimum Gasteiger partial charge on any atom is -0.507 e. The summed E-state index contributed by atoms with van der Waals surface area (Å²) in [7, 11) is 0. The summed E-state index contributed by atoms with van der Waals surface area (Å²) in [6.07, 6.45) is -0.718. The number of aromatic hydroxyl groups is 1. The lowest BCUT2D eigenvalue weighted by Crippen LogP contribution is -2.16. The number of phenols is 1. The molecule has 0 fully saturated rings. The highest BCUT2D eigenvalue weighted by atomic mass is 19.1. The quantitative estimate of drug-likeness (QED) is 0.893. The Morgan fingerprint density at radius 2 is 1.70 bits per heavy atom. The van der Waals surface area contributed by atoms with Crippen molar-refractivity contribution in [3.05, 3.63) is 53.8 Å². The second-order valence-corrected chi connectivity index (χ2v) is 4.64. The Morgan fingerprint density at radius 3 is 2.20 bits per heavy atom. The fraction of sp³-hybridized carbons (Fsp3) is 0.250. The van der Waals surface area contributed by atoms with Crippen LogP contribution in [0, 0.1) is 5.82 Å². The maximum absolute atomic E-state index is 13.0. The second kappa shape index (κ2) is 5.92. The number of anilines is 2. The number of hydrogen-bond donors (Lipinski definition) is 2. The number of hydrogen-bond acceptors (Lipinski definition) is 3. The molecule has 0 aliphatic heterocycles. The van der Waals surface area contributed by atoms with Gasteiger partial charge in [-0.15, -0.1) is 0 Å². The number of phenolic OH excluding ortho intramolecular Hbond substituents is 1. The highest BCUT2D eigenvalue weighted by Gasteiger charge is 2.12. The molecule has 0 aliphatic carbocycles. The van der Waals surface area contributed by atoms with Gasteiger partial charge in [0, 0.05) is 29.5 Å². The monoisotopic (exact) mass is 275 g/mol. The van der Waals surface area contributed by atoms with Crippen LogP contribution in [-0.4, -0.2) is 16.8 Å². The molecule has 20 heavy (non-hydrogen) atoms. The molecule has 1 atom stereocenters. The molecule has 0 bridgehead atoms. The number of aliphatic hydroxyl groups is 1. The van der Waals surface area contributed by atoms with E-state index in [1.807, 2.05) is 17.9 Å². The molecule has 106 valence electrons. The molecule has 2 rings (SSSR count). The molecule has 0 radical (unpaired) electrons. The number of aliphatic hydroxyl groups excluding tert-OH is 1. The van der Waals surface area contributed by atoms with E-state index in [-0.39, 0.29) is 11.6 Å². The number of benzene rings is 2. The Kier molecular flexibility index (Phi) is 4.25. The van der Waals surface area contributed by atoms with E-state index < -0.39 is 6.10 Å². The molecule has 2 N–H and O–H groups in total. The van der Waals surface area contributed by atoms with E-state index in [1.54, 1.807) is 31.2 Å². The lowest BCUT2D eigenvalue weighted by atomic mass is 10.1. The maximum atomic E-state index is 13.0. The molecule has 0 heterocycles. The molecule has 0 spiro atoms. The normalized spacial score (nSPS) is 12.2. The smallest absolute Gasteiger partial charge is 0.123 e. The predicted octanol–water partition coefficient (Wildman–Crippen LogP) is 3.74. The molecule has 0 saturated heterocycles. The first-order valence-electron chi connectivity index (χ1n) is 6.57. The van der Waals surface area contributed by atoms with E-state index >= 15 is 0 Å². The highest BCUT2D eigenvalue weighted by molar-refractivity contribution is 5.65. The van der Waals surface area contributed by atoms with Crippen molar-refractivity contribution in [2.45, 2.75) is 20.0 Å². The van der Waals surface area contributed by atoms with Crippen molar-refractivity contribution in [1.29, 1.82) is 0 Å². The summed E-state index contributed by atoms with van der Waals surface area (Å²) in [5.74, 6) is -0.227. The van der Waals surface area contributed by atoms with Gasteiger partial charge in [-0.1, -0.05) is 6.07 Å². The Bertz CT molecular complexity index is 582. The van der Waals surface area contributed by atoms with Gasteiger partial charge in [0.25, 0.3) is 0 Å². The van der Waals surface area contributed by atoms with Crippen LogP contribution in [0.5, 0.6) is 5.75 Å². The van der Waals surface area contributed by atoms with E-state index in [9.17, 15) is 14.6 Å². The molecule has 3 nitrogen and oxygen atoms in total. The van der Waals surface area contributed by atoms with Gasteiger partial charge in [0.05, 0.1) is 6.10 Å². The van der Waals surface area contributed by atoms with Gasteiger partial charge in [-0.3, -0.25) is 0 Å². The van der Waals surface area contributed by atoms with Gasteiger partial charge in [0.15, 0.2) is 0 Å². The van der Waals surface area contributed by atoms with Gasteiger partial charge in [0.1, 0.15) is 11.6 Å². The molecule has 0 aliphatic rings. The first-order valence-corrected chi connectivity index (χ1v) is 6.57. The van der Waals surface area contributed by atoms with E-state index in [2.05, 4.69) is 0 Å². The van der Waals surface area contributed by atoms with Crippen LogP contribution in [0.15, 0.2) is 42.5 Å². The van der Waals surface area contributed by atoms with Crippen LogP contribution in [0.2, 0.25) is 0 Å². The Morgan fingerprint density at radius 1 is 1.10 bits per heavy atom. The first kappa shape index (κ1) is 14.3. The van der Waals surface area contributed by atoms with Crippen molar-refractivity contribution in [3.63, 3.8) is 0 Å². The maximum Gasteiger partial charge on any atom is 0.123 e. The van der Waals surface area contributed by atoms with Crippen molar-refractivity contribution in [1.82, 2.24) is 0 Å². The van der Waals surface area contributed by atoms with Crippen LogP contribution in [-0.2, 0) is 0 Å². The average molecular weight is 275 g/mol. The van der Waals surface area contributed by atoms with Crippen LogP contribution < -0.4 is 4.90 Å².